The highest BCUT2D eigenvalue weighted by Gasteiger charge is 2.59. The first-order valence-electron chi connectivity index (χ1n) is 7.35. The van der Waals surface area contributed by atoms with Crippen LogP contribution in [0.15, 0.2) is 42.7 Å². The molecule has 0 bridgehead atoms. The summed E-state index contributed by atoms with van der Waals surface area (Å²) in [4.78, 5) is 10.8. The van der Waals surface area contributed by atoms with Crippen LogP contribution in [0.4, 0.5) is 5.82 Å². The minimum absolute atomic E-state index is 0.0573. The van der Waals surface area contributed by atoms with Crippen molar-refractivity contribution in [3.8, 4) is 17.9 Å². The molecule has 0 amide bonds. The zero-order chi connectivity index (χ0) is 15.0. The smallest absolute Gasteiger partial charge is 0.146 e. The molecule has 1 saturated carbocycles. The van der Waals surface area contributed by atoms with Crippen LogP contribution in [0, 0.1) is 34.5 Å². The molecule has 2 unspecified atom stereocenters. The maximum atomic E-state index is 9.22. The van der Waals surface area contributed by atoms with Crippen LogP contribution < -0.4 is 4.90 Å². The minimum Gasteiger partial charge on any atom is -0.354 e. The summed E-state index contributed by atoms with van der Waals surface area (Å²) in [6, 6.07) is 11.6. The lowest BCUT2D eigenvalue weighted by molar-refractivity contribution is 0.703. The van der Waals surface area contributed by atoms with Gasteiger partial charge in [0.25, 0.3) is 0 Å². The number of pyridine rings is 2. The number of aromatic nitrogens is 2. The Kier molecular flexibility index (Phi) is 2.84. The van der Waals surface area contributed by atoms with Gasteiger partial charge in [0.15, 0.2) is 0 Å². The predicted octanol–water partition coefficient (Wildman–Crippen LogP) is 2.23. The van der Waals surface area contributed by atoms with E-state index in [-0.39, 0.29) is 5.41 Å². The average molecular weight is 286 g/mol. The normalized spacial score (nSPS) is 24.9. The van der Waals surface area contributed by atoms with Gasteiger partial charge < -0.3 is 4.90 Å². The van der Waals surface area contributed by atoms with Gasteiger partial charge in [-0.05, 0) is 42.5 Å². The van der Waals surface area contributed by atoms with Gasteiger partial charge in [-0.1, -0.05) is 12.0 Å². The maximum Gasteiger partial charge on any atom is 0.146 e. The molecule has 0 spiro atoms. The number of nitrogens with zero attached hydrogens (tertiary/aromatic N) is 4. The van der Waals surface area contributed by atoms with Crippen molar-refractivity contribution in [2.24, 2.45) is 11.3 Å². The van der Waals surface area contributed by atoms with Crippen molar-refractivity contribution in [3.05, 3.63) is 54.0 Å². The molecule has 0 N–H and O–H groups in total. The van der Waals surface area contributed by atoms with Crippen molar-refractivity contribution in [1.29, 1.82) is 5.26 Å². The minimum atomic E-state index is 0.0573. The fourth-order valence-corrected chi connectivity index (χ4v) is 3.20. The molecule has 0 aromatic carbocycles. The van der Waals surface area contributed by atoms with E-state index < -0.39 is 0 Å². The Morgan fingerprint density at radius 3 is 2.91 bits per heavy atom. The Balaban J connectivity index is 1.57. The fraction of sp³-hybridized carbons (Fsp3) is 0.278. The van der Waals surface area contributed by atoms with Gasteiger partial charge in [-0.15, -0.1) is 0 Å². The number of rotatable bonds is 1. The molecule has 4 nitrogen and oxygen atoms in total. The summed E-state index contributed by atoms with van der Waals surface area (Å²) < 4.78 is 0. The summed E-state index contributed by atoms with van der Waals surface area (Å²) in [6.45, 7) is 1.78. The molecule has 3 heterocycles. The standard InChI is InChI=1S/C18H14N4/c19-11-14-4-3-9-21-17(14)22-12-15-10-18(15,13-22)7-6-16-5-1-2-8-20-16/h1-5,8-9,15H,10,12-13H2. The zero-order valence-corrected chi connectivity index (χ0v) is 12.0. The van der Waals surface area contributed by atoms with E-state index in [2.05, 4.69) is 32.8 Å². The van der Waals surface area contributed by atoms with Crippen molar-refractivity contribution in [2.75, 3.05) is 18.0 Å². The highest BCUT2D eigenvalue weighted by Crippen LogP contribution is 2.58. The number of hydrogen-bond acceptors (Lipinski definition) is 4. The number of anilines is 1. The van der Waals surface area contributed by atoms with Gasteiger partial charge in [-0.3, -0.25) is 0 Å². The van der Waals surface area contributed by atoms with Gasteiger partial charge in [-0.25, -0.2) is 9.97 Å². The molecule has 2 aromatic heterocycles. The molecule has 2 fully saturated rings. The molecule has 2 aromatic rings. The molecule has 4 rings (SSSR count). The largest absolute Gasteiger partial charge is 0.354 e. The van der Waals surface area contributed by atoms with Crippen molar-refractivity contribution in [1.82, 2.24) is 9.97 Å². The molecule has 2 aliphatic rings. The maximum absolute atomic E-state index is 9.22. The number of nitriles is 1. The van der Waals surface area contributed by atoms with Crippen LogP contribution in [0.1, 0.15) is 17.7 Å². The molecular weight excluding hydrogens is 272 g/mol. The third kappa shape index (κ3) is 2.10. The SMILES string of the molecule is N#Cc1cccnc1N1CC2CC2(C#Cc2ccccn2)C1. The van der Waals surface area contributed by atoms with Gasteiger partial charge in [0.1, 0.15) is 17.6 Å². The summed E-state index contributed by atoms with van der Waals surface area (Å²) in [5.41, 5.74) is 1.51. The monoisotopic (exact) mass is 286 g/mol. The molecule has 22 heavy (non-hydrogen) atoms. The lowest BCUT2D eigenvalue weighted by Crippen LogP contribution is -2.25. The summed E-state index contributed by atoms with van der Waals surface area (Å²) in [5, 5.41) is 9.22. The number of piperidine rings is 1. The van der Waals surface area contributed by atoms with Gasteiger partial charge >= 0.3 is 0 Å². The summed E-state index contributed by atoms with van der Waals surface area (Å²) in [6.07, 6.45) is 4.64. The number of fused-ring (bicyclic) bond motifs is 1. The quantitative estimate of drug-likeness (QED) is 0.754. The first-order chi connectivity index (χ1) is 10.8. The van der Waals surface area contributed by atoms with Crippen molar-refractivity contribution < 1.29 is 0 Å². The second-order valence-corrected chi connectivity index (χ2v) is 5.89. The van der Waals surface area contributed by atoms with E-state index in [1.807, 2.05) is 24.3 Å². The van der Waals surface area contributed by atoms with Crippen LogP contribution in [0.25, 0.3) is 0 Å². The highest BCUT2D eigenvalue weighted by atomic mass is 15.2. The van der Waals surface area contributed by atoms with Gasteiger partial charge in [-0.2, -0.15) is 5.26 Å². The first-order valence-corrected chi connectivity index (χ1v) is 7.35. The van der Waals surface area contributed by atoms with E-state index in [1.165, 1.54) is 0 Å². The Labute approximate surface area is 129 Å². The van der Waals surface area contributed by atoms with E-state index in [4.69, 9.17) is 0 Å². The van der Waals surface area contributed by atoms with Gasteiger partial charge in [0, 0.05) is 25.5 Å². The van der Waals surface area contributed by atoms with Crippen LogP contribution >= 0.6 is 0 Å². The van der Waals surface area contributed by atoms with Crippen LogP contribution in [-0.2, 0) is 0 Å². The fourth-order valence-electron chi connectivity index (χ4n) is 3.20. The topological polar surface area (TPSA) is 52.8 Å². The van der Waals surface area contributed by atoms with E-state index in [1.54, 1.807) is 18.5 Å². The van der Waals surface area contributed by atoms with Crippen molar-refractivity contribution in [2.45, 2.75) is 6.42 Å². The van der Waals surface area contributed by atoms with E-state index in [0.717, 1.165) is 31.0 Å². The summed E-state index contributed by atoms with van der Waals surface area (Å²) in [7, 11) is 0. The Morgan fingerprint density at radius 2 is 2.09 bits per heavy atom. The van der Waals surface area contributed by atoms with Gasteiger partial charge in [0.05, 0.1) is 11.0 Å². The molecule has 4 heteroatoms. The lowest BCUT2D eigenvalue weighted by Gasteiger charge is -2.20. The molecule has 2 atom stereocenters. The van der Waals surface area contributed by atoms with Crippen LogP contribution in [0.2, 0.25) is 0 Å². The Morgan fingerprint density at radius 1 is 1.18 bits per heavy atom. The third-order valence-corrected chi connectivity index (χ3v) is 4.46. The molecular formula is C18H14N4. The van der Waals surface area contributed by atoms with Gasteiger partial charge in [0.2, 0.25) is 0 Å². The molecule has 0 radical (unpaired) electrons. The average Bonchev–Trinajstić information content (AvgIpc) is 3.14. The third-order valence-electron chi connectivity index (χ3n) is 4.46. The van der Waals surface area contributed by atoms with Crippen LogP contribution in [0.3, 0.4) is 0 Å². The van der Waals surface area contributed by atoms with Crippen molar-refractivity contribution >= 4 is 5.82 Å². The van der Waals surface area contributed by atoms with E-state index in [9.17, 15) is 5.26 Å². The summed E-state index contributed by atoms with van der Waals surface area (Å²) >= 11 is 0. The van der Waals surface area contributed by atoms with E-state index >= 15 is 0 Å². The molecule has 106 valence electrons. The molecule has 1 aliphatic carbocycles. The molecule has 1 saturated heterocycles. The Bertz CT molecular complexity index is 812. The second kappa shape index (κ2) is 4.86. The Hall–Kier alpha value is -2.85. The van der Waals surface area contributed by atoms with E-state index in [0.29, 0.717) is 11.5 Å². The number of hydrogen-bond donors (Lipinski definition) is 0. The first kappa shape index (κ1) is 12.9. The lowest BCUT2D eigenvalue weighted by atomic mass is 10.1. The van der Waals surface area contributed by atoms with Crippen LogP contribution in [-0.4, -0.2) is 23.1 Å². The predicted molar refractivity (Wildman–Crippen MR) is 82.8 cm³/mol. The van der Waals surface area contributed by atoms with Crippen LogP contribution in [0.5, 0.6) is 0 Å². The van der Waals surface area contributed by atoms with Crippen molar-refractivity contribution in [3.63, 3.8) is 0 Å². The summed E-state index contributed by atoms with van der Waals surface area (Å²) in [5.74, 6) is 7.99. The molecule has 1 aliphatic heterocycles. The second-order valence-electron chi connectivity index (χ2n) is 5.89. The zero-order valence-electron chi connectivity index (χ0n) is 12.0. The highest BCUT2D eigenvalue weighted by molar-refractivity contribution is 5.56.